The number of alkyl halides is 4. The lowest BCUT2D eigenvalue weighted by Crippen LogP contribution is -2.14. The van der Waals surface area contributed by atoms with Gasteiger partial charge in [0.1, 0.15) is 5.75 Å². The van der Waals surface area contributed by atoms with Crippen LogP contribution in [0.3, 0.4) is 0 Å². The van der Waals surface area contributed by atoms with Gasteiger partial charge < -0.3 is 10.1 Å². The molecule has 0 saturated heterocycles. The van der Waals surface area contributed by atoms with Crippen LogP contribution in [0, 0.1) is 0 Å². The average molecular weight is 363 g/mol. The predicted octanol–water partition coefficient (Wildman–Crippen LogP) is 3.90. The molecule has 0 aliphatic heterocycles. The maximum absolute atomic E-state index is 12.7. The summed E-state index contributed by atoms with van der Waals surface area (Å²) in [6, 6.07) is 11.0. The zero-order chi connectivity index (χ0) is 17.7. The van der Waals surface area contributed by atoms with Gasteiger partial charge in [-0.2, -0.15) is 17.6 Å². The quantitative estimate of drug-likeness (QED) is 0.758. The molecule has 0 heterocycles. The van der Waals surface area contributed by atoms with Crippen LogP contribution >= 0.6 is 0 Å². The first-order valence-electron chi connectivity index (χ1n) is 6.69. The van der Waals surface area contributed by atoms with E-state index in [0.717, 1.165) is 6.07 Å². The third-order valence-corrected chi connectivity index (χ3v) is 4.47. The van der Waals surface area contributed by atoms with Crippen molar-refractivity contribution in [2.24, 2.45) is 0 Å². The Labute approximate surface area is 136 Å². The molecular weight excluding hydrogens is 350 g/mol. The van der Waals surface area contributed by atoms with Crippen molar-refractivity contribution in [3.63, 3.8) is 0 Å². The van der Waals surface area contributed by atoms with Crippen LogP contribution in [0.15, 0.2) is 53.4 Å². The van der Waals surface area contributed by atoms with E-state index in [2.05, 4.69) is 10.1 Å². The van der Waals surface area contributed by atoms with E-state index in [1.165, 1.54) is 36.4 Å². The van der Waals surface area contributed by atoms with Gasteiger partial charge in [-0.3, -0.25) is 0 Å². The van der Waals surface area contributed by atoms with Gasteiger partial charge in [0.15, 0.2) is 0 Å². The Morgan fingerprint density at radius 3 is 2.38 bits per heavy atom. The molecule has 0 saturated carbocycles. The molecule has 0 aliphatic rings. The van der Waals surface area contributed by atoms with Crippen molar-refractivity contribution in [2.45, 2.75) is 23.8 Å². The molecule has 130 valence electrons. The second-order valence-corrected chi connectivity index (χ2v) is 6.57. The largest absolute Gasteiger partial charge is 0.435 e. The normalized spacial score (nSPS) is 11.8. The number of sulfone groups is 1. The molecular formula is C15H13F4NO3S. The number of hydrogen-bond acceptors (Lipinski definition) is 4. The number of rotatable bonds is 7. The van der Waals surface area contributed by atoms with Gasteiger partial charge in [-0.15, -0.1) is 0 Å². The van der Waals surface area contributed by atoms with Crippen LogP contribution in [0.1, 0.15) is 5.56 Å². The van der Waals surface area contributed by atoms with Crippen molar-refractivity contribution < 1.29 is 30.7 Å². The first-order valence-corrected chi connectivity index (χ1v) is 8.24. The van der Waals surface area contributed by atoms with Crippen molar-refractivity contribution in [3.05, 3.63) is 54.1 Å². The van der Waals surface area contributed by atoms with E-state index in [-0.39, 0.29) is 18.0 Å². The molecule has 2 aromatic rings. The standard InChI is InChI=1S/C15H13F4NO3S/c16-14(17)23-11-5-3-4-10(8-11)9-20-12-6-1-2-7-13(12)24(21,22)15(18)19/h1-8,14-15,20H,9H2. The summed E-state index contributed by atoms with van der Waals surface area (Å²) in [5, 5.41) is 2.72. The minimum absolute atomic E-state index is 0.00187. The van der Waals surface area contributed by atoms with Gasteiger partial charge >= 0.3 is 12.4 Å². The number of benzene rings is 2. The van der Waals surface area contributed by atoms with Gasteiger partial charge in [0.2, 0.25) is 9.84 Å². The molecule has 4 nitrogen and oxygen atoms in total. The minimum atomic E-state index is -4.76. The van der Waals surface area contributed by atoms with Crippen molar-refractivity contribution in [2.75, 3.05) is 5.32 Å². The summed E-state index contributed by atoms with van der Waals surface area (Å²) in [6.45, 7) is -2.93. The highest BCUT2D eigenvalue weighted by Gasteiger charge is 2.28. The lowest BCUT2D eigenvalue weighted by molar-refractivity contribution is -0.0498. The summed E-state index contributed by atoms with van der Waals surface area (Å²) in [7, 11) is -4.76. The highest BCUT2D eigenvalue weighted by Crippen LogP contribution is 2.26. The minimum Gasteiger partial charge on any atom is -0.435 e. The first-order chi connectivity index (χ1) is 11.3. The zero-order valence-corrected chi connectivity index (χ0v) is 12.9. The van der Waals surface area contributed by atoms with Crippen LogP contribution in [0.2, 0.25) is 0 Å². The van der Waals surface area contributed by atoms with E-state index < -0.39 is 27.1 Å². The molecule has 0 spiro atoms. The maximum atomic E-state index is 12.7. The number of para-hydroxylation sites is 1. The van der Waals surface area contributed by atoms with E-state index in [4.69, 9.17) is 0 Å². The summed E-state index contributed by atoms with van der Waals surface area (Å²) in [5.41, 5.74) is 0.510. The second-order valence-electron chi connectivity index (χ2n) is 4.68. The topological polar surface area (TPSA) is 55.4 Å². The van der Waals surface area contributed by atoms with E-state index in [1.807, 2.05) is 0 Å². The lowest BCUT2D eigenvalue weighted by atomic mass is 10.2. The van der Waals surface area contributed by atoms with E-state index in [9.17, 15) is 26.0 Å². The van der Waals surface area contributed by atoms with Gasteiger partial charge in [-0.25, -0.2) is 8.42 Å². The number of ether oxygens (including phenoxy) is 1. The fraction of sp³-hybridized carbons (Fsp3) is 0.200. The molecule has 0 aromatic heterocycles. The van der Waals surface area contributed by atoms with Crippen LogP contribution in [0.4, 0.5) is 23.2 Å². The molecule has 1 N–H and O–H groups in total. The highest BCUT2D eigenvalue weighted by molar-refractivity contribution is 7.91. The SMILES string of the molecule is O=S(=O)(c1ccccc1NCc1cccc(OC(F)F)c1)C(F)F. The Morgan fingerprint density at radius 1 is 1.00 bits per heavy atom. The molecule has 2 rings (SSSR count). The van der Waals surface area contributed by atoms with Crippen molar-refractivity contribution in [1.29, 1.82) is 0 Å². The van der Waals surface area contributed by atoms with E-state index in [1.54, 1.807) is 6.07 Å². The molecule has 24 heavy (non-hydrogen) atoms. The molecule has 0 bridgehead atoms. The Hall–Kier alpha value is -2.29. The van der Waals surface area contributed by atoms with Gasteiger partial charge in [-0.1, -0.05) is 24.3 Å². The van der Waals surface area contributed by atoms with Crippen LogP contribution in [0.5, 0.6) is 5.75 Å². The van der Waals surface area contributed by atoms with Gasteiger partial charge in [0.05, 0.1) is 10.6 Å². The molecule has 0 fully saturated rings. The predicted molar refractivity (Wildman–Crippen MR) is 80.0 cm³/mol. The smallest absolute Gasteiger partial charge is 0.387 e. The zero-order valence-electron chi connectivity index (χ0n) is 12.1. The summed E-state index contributed by atoms with van der Waals surface area (Å²) >= 11 is 0. The lowest BCUT2D eigenvalue weighted by Gasteiger charge is -2.13. The summed E-state index contributed by atoms with van der Waals surface area (Å²) < 4.78 is 77.4. The molecule has 0 unspecified atom stereocenters. The Kier molecular flexibility index (Phi) is 5.66. The van der Waals surface area contributed by atoms with Crippen molar-refractivity contribution in [1.82, 2.24) is 0 Å². The Morgan fingerprint density at radius 2 is 1.71 bits per heavy atom. The summed E-state index contributed by atoms with van der Waals surface area (Å²) in [4.78, 5) is -0.528. The molecule has 9 heteroatoms. The van der Waals surface area contributed by atoms with E-state index >= 15 is 0 Å². The van der Waals surface area contributed by atoms with Crippen LogP contribution in [-0.4, -0.2) is 20.8 Å². The van der Waals surface area contributed by atoms with E-state index in [0.29, 0.717) is 5.56 Å². The third kappa shape index (κ3) is 4.38. The molecule has 0 atom stereocenters. The number of halogens is 4. The van der Waals surface area contributed by atoms with Crippen LogP contribution in [0.25, 0.3) is 0 Å². The third-order valence-electron chi connectivity index (χ3n) is 3.03. The molecule has 0 radical (unpaired) electrons. The maximum Gasteiger partial charge on any atom is 0.387 e. The number of anilines is 1. The van der Waals surface area contributed by atoms with Gasteiger partial charge in [0, 0.05) is 6.54 Å². The average Bonchev–Trinajstić information content (AvgIpc) is 2.52. The highest BCUT2D eigenvalue weighted by atomic mass is 32.2. The fourth-order valence-electron chi connectivity index (χ4n) is 1.99. The Balaban J connectivity index is 2.19. The number of nitrogens with one attached hydrogen (secondary N) is 1. The number of hydrogen-bond donors (Lipinski definition) is 1. The summed E-state index contributed by atoms with van der Waals surface area (Å²) in [5.74, 6) is -3.60. The van der Waals surface area contributed by atoms with Crippen LogP contribution in [-0.2, 0) is 16.4 Å². The Bertz CT molecular complexity index is 797. The molecule has 2 aromatic carbocycles. The fourth-order valence-corrected chi connectivity index (χ4v) is 2.89. The molecule has 0 amide bonds. The van der Waals surface area contributed by atoms with Crippen LogP contribution < -0.4 is 10.1 Å². The first kappa shape index (κ1) is 18.1. The second kappa shape index (κ2) is 7.52. The van der Waals surface area contributed by atoms with Crippen molar-refractivity contribution in [3.8, 4) is 5.75 Å². The van der Waals surface area contributed by atoms with Crippen molar-refractivity contribution >= 4 is 15.5 Å². The monoisotopic (exact) mass is 363 g/mol. The van der Waals surface area contributed by atoms with Gasteiger partial charge in [0.25, 0.3) is 0 Å². The molecule has 0 aliphatic carbocycles. The summed E-state index contributed by atoms with van der Waals surface area (Å²) in [6.07, 6.45) is 0. The van der Waals surface area contributed by atoms with Gasteiger partial charge in [-0.05, 0) is 29.8 Å².